The molecule has 0 unspecified atom stereocenters. The SMILES string of the molecule is C[C@H]1CCCC[C@H]1NC(=O)COC(=O)c1cc(Br)ccc1N. The summed E-state index contributed by atoms with van der Waals surface area (Å²) in [6.07, 6.45) is 4.45. The van der Waals surface area contributed by atoms with E-state index in [1.54, 1.807) is 18.2 Å². The lowest BCUT2D eigenvalue weighted by molar-refractivity contribution is -0.125. The first-order valence-corrected chi connectivity index (χ1v) is 8.28. The number of nitrogens with two attached hydrogens (primary N) is 1. The molecule has 0 spiro atoms. The predicted octanol–water partition coefficient (Wildman–Crippen LogP) is 2.88. The molecule has 2 rings (SSSR count). The first-order valence-electron chi connectivity index (χ1n) is 7.49. The highest BCUT2D eigenvalue weighted by Crippen LogP contribution is 2.23. The minimum absolute atomic E-state index is 0.177. The zero-order valence-corrected chi connectivity index (χ0v) is 14.2. The second kappa shape index (κ2) is 7.63. The van der Waals surface area contributed by atoms with Crippen LogP contribution in [0.25, 0.3) is 0 Å². The molecule has 1 aromatic rings. The summed E-state index contributed by atoms with van der Waals surface area (Å²) in [4.78, 5) is 23.9. The fraction of sp³-hybridized carbons (Fsp3) is 0.500. The van der Waals surface area contributed by atoms with Gasteiger partial charge in [0.15, 0.2) is 6.61 Å². The van der Waals surface area contributed by atoms with Gasteiger partial charge in [-0.1, -0.05) is 35.7 Å². The lowest BCUT2D eigenvalue weighted by Crippen LogP contribution is -2.42. The van der Waals surface area contributed by atoms with E-state index >= 15 is 0 Å². The number of carbonyl (C=O) groups excluding carboxylic acids is 2. The summed E-state index contributed by atoms with van der Waals surface area (Å²) in [6, 6.07) is 5.11. The quantitative estimate of drug-likeness (QED) is 0.632. The fourth-order valence-corrected chi connectivity index (χ4v) is 3.05. The summed E-state index contributed by atoms with van der Waals surface area (Å²) in [5, 5.41) is 2.94. The van der Waals surface area contributed by atoms with Gasteiger partial charge < -0.3 is 15.8 Å². The lowest BCUT2D eigenvalue weighted by atomic mass is 9.86. The van der Waals surface area contributed by atoms with Gasteiger partial charge in [0.1, 0.15) is 0 Å². The molecule has 1 aromatic carbocycles. The number of carbonyl (C=O) groups is 2. The van der Waals surface area contributed by atoms with Gasteiger partial charge in [0.25, 0.3) is 5.91 Å². The molecule has 2 atom stereocenters. The van der Waals surface area contributed by atoms with Crippen molar-refractivity contribution in [1.29, 1.82) is 0 Å². The molecule has 5 nitrogen and oxygen atoms in total. The summed E-state index contributed by atoms with van der Waals surface area (Å²) in [5.41, 5.74) is 6.33. The number of hydrogen-bond acceptors (Lipinski definition) is 4. The summed E-state index contributed by atoms with van der Waals surface area (Å²) in [7, 11) is 0. The van der Waals surface area contributed by atoms with E-state index in [4.69, 9.17) is 10.5 Å². The molecular formula is C16H21BrN2O3. The Hall–Kier alpha value is -1.56. The van der Waals surface area contributed by atoms with Crippen LogP contribution in [0.15, 0.2) is 22.7 Å². The lowest BCUT2D eigenvalue weighted by Gasteiger charge is -2.29. The third-order valence-corrected chi connectivity index (χ3v) is 4.52. The molecule has 0 saturated heterocycles. The molecule has 22 heavy (non-hydrogen) atoms. The van der Waals surface area contributed by atoms with E-state index in [0.29, 0.717) is 11.6 Å². The Balaban J connectivity index is 1.85. The molecule has 1 aliphatic rings. The topological polar surface area (TPSA) is 81.4 Å². The minimum Gasteiger partial charge on any atom is -0.452 e. The number of ether oxygens (including phenoxy) is 1. The molecule has 1 aliphatic carbocycles. The summed E-state index contributed by atoms with van der Waals surface area (Å²) in [5.74, 6) is -0.388. The van der Waals surface area contributed by atoms with Crippen molar-refractivity contribution in [1.82, 2.24) is 5.32 Å². The van der Waals surface area contributed by atoms with E-state index in [1.807, 2.05) is 0 Å². The van der Waals surface area contributed by atoms with Crippen LogP contribution in [0.1, 0.15) is 43.0 Å². The summed E-state index contributed by atoms with van der Waals surface area (Å²) < 4.78 is 5.78. The first kappa shape index (κ1) is 16.8. The van der Waals surface area contributed by atoms with Gasteiger partial charge in [0.05, 0.1) is 5.56 Å². The van der Waals surface area contributed by atoms with Gasteiger partial charge in [0, 0.05) is 16.2 Å². The van der Waals surface area contributed by atoms with E-state index in [2.05, 4.69) is 28.2 Å². The van der Waals surface area contributed by atoms with Crippen LogP contribution in [-0.2, 0) is 9.53 Å². The van der Waals surface area contributed by atoms with Crippen LogP contribution in [0.5, 0.6) is 0 Å². The second-order valence-corrected chi connectivity index (χ2v) is 6.66. The molecule has 6 heteroatoms. The zero-order chi connectivity index (χ0) is 16.1. The third-order valence-electron chi connectivity index (χ3n) is 4.03. The first-order chi connectivity index (χ1) is 10.5. The number of halogens is 1. The van der Waals surface area contributed by atoms with Crippen LogP contribution in [-0.4, -0.2) is 24.5 Å². The number of benzene rings is 1. The second-order valence-electron chi connectivity index (χ2n) is 5.74. The van der Waals surface area contributed by atoms with Gasteiger partial charge in [0.2, 0.25) is 0 Å². The maximum Gasteiger partial charge on any atom is 0.340 e. The van der Waals surface area contributed by atoms with Crippen LogP contribution in [0.2, 0.25) is 0 Å². The number of rotatable bonds is 4. The highest BCUT2D eigenvalue weighted by molar-refractivity contribution is 9.10. The molecular weight excluding hydrogens is 348 g/mol. The number of hydrogen-bond donors (Lipinski definition) is 2. The Morgan fingerprint density at radius 2 is 2.09 bits per heavy atom. The molecule has 1 saturated carbocycles. The zero-order valence-electron chi connectivity index (χ0n) is 12.6. The Kier molecular flexibility index (Phi) is 5.83. The normalized spacial score (nSPS) is 21.2. The van der Waals surface area contributed by atoms with Gasteiger partial charge in [-0.15, -0.1) is 0 Å². The van der Waals surface area contributed by atoms with Gasteiger partial charge in [-0.25, -0.2) is 4.79 Å². The molecule has 3 N–H and O–H groups in total. The number of anilines is 1. The molecule has 0 bridgehead atoms. The molecule has 0 radical (unpaired) electrons. The van der Waals surface area contributed by atoms with Crippen molar-refractivity contribution in [2.45, 2.75) is 38.6 Å². The Morgan fingerprint density at radius 1 is 1.36 bits per heavy atom. The Morgan fingerprint density at radius 3 is 2.82 bits per heavy atom. The van der Waals surface area contributed by atoms with Crippen LogP contribution in [0.3, 0.4) is 0 Å². The maximum atomic E-state index is 12.0. The van der Waals surface area contributed by atoms with Gasteiger partial charge in [-0.05, 0) is 37.0 Å². The standard InChI is InChI=1S/C16H21BrN2O3/c1-10-4-2-3-5-14(10)19-15(20)9-22-16(21)12-8-11(17)6-7-13(12)18/h6-8,10,14H,2-5,9,18H2,1H3,(H,19,20)/t10-,14+/m0/s1. The molecule has 1 fully saturated rings. The molecule has 0 aliphatic heterocycles. The number of nitrogens with one attached hydrogen (secondary N) is 1. The number of amides is 1. The van der Waals surface area contributed by atoms with Gasteiger partial charge in [-0.2, -0.15) is 0 Å². The highest BCUT2D eigenvalue weighted by atomic mass is 79.9. The van der Waals surface area contributed by atoms with Crippen molar-refractivity contribution in [2.24, 2.45) is 5.92 Å². The summed E-state index contributed by atoms with van der Waals surface area (Å²) >= 11 is 3.27. The predicted molar refractivity (Wildman–Crippen MR) is 88.4 cm³/mol. The van der Waals surface area contributed by atoms with Crippen molar-refractivity contribution in [3.63, 3.8) is 0 Å². The molecule has 1 amide bonds. The van der Waals surface area contributed by atoms with E-state index in [9.17, 15) is 9.59 Å². The fourth-order valence-electron chi connectivity index (χ4n) is 2.69. The maximum absolute atomic E-state index is 12.0. The summed E-state index contributed by atoms with van der Waals surface area (Å²) in [6.45, 7) is 1.85. The Bertz CT molecular complexity index is 562. The van der Waals surface area contributed by atoms with E-state index < -0.39 is 5.97 Å². The van der Waals surface area contributed by atoms with Crippen LogP contribution < -0.4 is 11.1 Å². The number of nitrogen functional groups attached to an aromatic ring is 1. The third kappa shape index (κ3) is 4.47. The average molecular weight is 369 g/mol. The van der Waals surface area contributed by atoms with Gasteiger partial charge in [-0.3, -0.25) is 4.79 Å². The van der Waals surface area contributed by atoms with Crippen LogP contribution >= 0.6 is 15.9 Å². The monoisotopic (exact) mass is 368 g/mol. The average Bonchev–Trinajstić information content (AvgIpc) is 2.49. The molecule has 120 valence electrons. The smallest absolute Gasteiger partial charge is 0.340 e. The van der Waals surface area contributed by atoms with E-state index in [-0.39, 0.29) is 24.1 Å². The van der Waals surface area contributed by atoms with E-state index in [1.165, 1.54) is 6.42 Å². The van der Waals surface area contributed by atoms with Crippen molar-refractivity contribution in [3.05, 3.63) is 28.2 Å². The van der Waals surface area contributed by atoms with E-state index in [0.717, 1.165) is 23.7 Å². The van der Waals surface area contributed by atoms with Crippen LogP contribution in [0.4, 0.5) is 5.69 Å². The highest BCUT2D eigenvalue weighted by Gasteiger charge is 2.23. The molecule has 0 aromatic heterocycles. The van der Waals surface area contributed by atoms with Crippen molar-refractivity contribution in [2.75, 3.05) is 12.3 Å². The van der Waals surface area contributed by atoms with Crippen LogP contribution in [0, 0.1) is 5.92 Å². The van der Waals surface area contributed by atoms with Gasteiger partial charge >= 0.3 is 5.97 Å². The van der Waals surface area contributed by atoms with Crippen molar-refractivity contribution in [3.8, 4) is 0 Å². The molecule has 0 heterocycles. The number of esters is 1. The minimum atomic E-state index is -0.592. The van der Waals surface area contributed by atoms with Crippen molar-refractivity contribution >= 4 is 33.5 Å². The largest absolute Gasteiger partial charge is 0.452 e. The van der Waals surface area contributed by atoms with Crippen molar-refractivity contribution < 1.29 is 14.3 Å². The Labute approximate surface area is 138 Å².